The van der Waals surface area contributed by atoms with Crippen LogP contribution < -0.4 is 9.64 Å². The Hall–Kier alpha value is -3.35. The fourth-order valence-electron chi connectivity index (χ4n) is 4.55. The highest BCUT2D eigenvalue weighted by atomic mass is 16.5. The third-order valence-electron chi connectivity index (χ3n) is 6.19. The minimum Gasteiger partial charge on any atom is -0.479 e. The first-order valence-corrected chi connectivity index (χ1v) is 10.9. The van der Waals surface area contributed by atoms with Crippen molar-refractivity contribution in [3.63, 3.8) is 0 Å². The number of hydrogen-bond acceptors (Lipinski definition) is 4. The number of aromatic nitrogens is 2. The quantitative estimate of drug-likeness (QED) is 0.704. The summed E-state index contributed by atoms with van der Waals surface area (Å²) in [6.07, 6.45) is 1.71. The van der Waals surface area contributed by atoms with E-state index >= 15 is 0 Å². The SMILES string of the molecule is CC1Oc2ccccc2N(CCC(=O)N2CCCC(c3nc4ccccc4[nH]3)C2)C1=O. The Morgan fingerprint density at radius 2 is 2.00 bits per heavy atom. The summed E-state index contributed by atoms with van der Waals surface area (Å²) in [7, 11) is 0. The molecule has 0 bridgehead atoms. The summed E-state index contributed by atoms with van der Waals surface area (Å²) in [5.74, 6) is 1.81. The molecule has 2 amide bonds. The normalized spacial score (nSPS) is 21.1. The van der Waals surface area contributed by atoms with Gasteiger partial charge >= 0.3 is 0 Å². The van der Waals surface area contributed by atoms with E-state index in [0.29, 0.717) is 25.3 Å². The van der Waals surface area contributed by atoms with Gasteiger partial charge in [-0.05, 0) is 44.0 Å². The number of piperidine rings is 1. The van der Waals surface area contributed by atoms with E-state index in [0.717, 1.165) is 41.9 Å². The smallest absolute Gasteiger partial charge is 0.267 e. The molecule has 0 aliphatic carbocycles. The van der Waals surface area contributed by atoms with Crippen molar-refractivity contribution in [1.29, 1.82) is 0 Å². The van der Waals surface area contributed by atoms with Crippen molar-refractivity contribution in [2.24, 2.45) is 0 Å². The molecule has 0 radical (unpaired) electrons. The van der Waals surface area contributed by atoms with Crippen molar-refractivity contribution in [1.82, 2.24) is 14.9 Å². The molecule has 0 spiro atoms. The first-order valence-electron chi connectivity index (χ1n) is 10.9. The molecule has 5 rings (SSSR count). The number of hydrogen-bond donors (Lipinski definition) is 1. The second-order valence-corrected chi connectivity index (χ2v) is 8.29. The van der Waals surface area contributed by atoms with Gasteiger partial charge in [0.15, 0.2) is 6.10 Å². The van der Waals surface area contributed by atoms with Gasteiger partial charge in [-0.15, -0.1) is 0 Å². The molecule has 31 heavy (non-hydrogen) atoms. The number of imidazole rings is 1. The van der Waals surface area contributed by atoms with Crippen LogP contribution in [-0.2, 0) is 9.59 Å². The second-order valence-electron chi connectivity index (χ2n) is 8.29. The molecule has 2 atom stereocenters. The highest BCUT2D eigenvalue weighted by Crippen LogP contribution is 2.34. The van der Waals surface area contributed by atoms with Gasteiger partial charge in [-0.25, -0.2) is 4.98 Å². The van der Waals surface area contributed by atoms with Gasteiger partial charge in [0.25, 0.3) is 5.91 Å². The van der Waals surface area contributed by atoms with Crippen LogP contribution in [0.15, 0.2) is 48.5 Å². The van der Waals surface area contributed by atoms with Gasteiger partial charge in [0.1, 0.15) is 11.6 Å². The van der Waals surface area contributed by atoms with E-state index in [-0.39, 0.29) is 17.7 Å². The molecule has 1 N–H and O–H groups in total. The lowest BCUT2D eigenvalue weighted by atomic mass is 9.97. The number of nitrogens with one attached hydrogen (secondary N) is 1. The molecule has 2 aliphatic heterocycles. The van der Waals surface area contributed by atoms with Gasteiger partial charge in [-0.1, -0.05) is 24.3 Å². The van der Waals surface area contributed by atoms with Crippen LogP contribution in [0.3, 0.4) is 0 Å². The van der Waals surface area contributed by atoms with E-state index in [2.05, 4.69) is 4.98 Å². The predicted molar refractivity (Wildman–Crippen MR) is 118 cm³/mol. The molecular weight excluding hydrogens is 392 g/mol. The molecule has 2 aromatic carbocycles. The third kappa shape index (κ3) is 3.76. The fourth-order valence-corrected chi connectivity index (χ4v) is 4.55. The van der Waals surface area contributed by atoms with Gasteiger partial charge in [0.05, 0.1) is 16.7 Å². The minimum absolute atomic E-state index is 0.0743. The van der Waals surface area contributed by atoms with E-state index in [1.807, 2.05) is 53.4 Å². The molecule has 1 aromatic heterocycles. The highest BCUT2D eigenvalue weighted by Gasteiger charge is 2.32. The van der Waals surface area contributed by atoms with Crippen LogP contribution in [0.25, 0.3) is 11.0 Å². The van der Waals surface area contributed by atoms with Gasteiger partial charge < -0.3 is 19.5 Å². The summed E-state index contributed by atoms with van der Waals surface area (Å²) in [5, 5.41) is 0. The van der Waals surface area contributed by atoms with Crippen molar-refractivity contribution in [3.8, 4) is 5.75 Å². The number of likely N-dealkylation sites (tertiary alicyclic amines) is 1. The van der Waals surface area contributed by atoms with Crippen LogP contribution in [0, 0.1) is 0 Å². The van der Waals surface area contributed by atoms with Crippen molar-refractivity contribution in [2.45, 2.75) is 38.2 Å². The molecule has 2 aliphatic rings. The van der Waals surface area contributed by atoms with Crippen LogP contribution in [0.5, 0.6) is 5.75 Å². The summed E-state index contributed by atoms with van der Waals surface area (Å²) in [4.78, 5) is 37.4. The summed E-state index contributed by atoms with van der Waals surface area (Å²) in [6.45, 7) is 3.51. The number of carbonyl (C=O) groups is 2. The largest absolute Gasteiger partial charge is 0.479 e. The molecule has 1 fully saturated rings. The summed E-state index contributed by atoms with van der Waals surface area (Å²) in [6, 6.07) is 15.5. The van der Waals surface area contributed by atoms with Crippen LogP contribution in [0.4, 0.5) is 5.69 Å². The van der Waals surface area contributed by atoms with E-state index in [4.69, 9.17) is 9.72 Å². The standard InChI is InChI=1S/C24H26N4O3/c1-16-24(30)28(20-10-4-5-11-21(20)31-16)14-12-22(29)27-13-6-7-17(15-27)23-25-18-8-2-3-9-19(18)26-23/h2-5,8-11,16-17H,6-7,12-15H2,1H3,(H,25,26). The van der Waals surface area contributed by atoms with Crippen LogP contribution in [0.1, 0.15) is 37.9 Å². The Bertz CT molecular complexity index is 1090. The number of para-hydroxylation sites is 4. The van der Waals surface area contributed by atoms with Gasteiger partial charge in [-0.2, -0.15) is 0 Å². The van der Waals surface area contributed by atoms with Gasteiger partial charge in [0.2, 0.25) is 5.91 Å². The molecule has 2 unspecified atom stereocenters. The second kappa shape index (κ2) is 8.06. The summed E-state index contributed by atoms with van der Waals surface area (Å²) >= 11 is 0. The maximum Gasteiger partial charge on any atom is 0.267 e. The summed E-state index contributed by atoms with van der Waals surface area (Å²) < 4.78 is 5.69. The number of anilines is 1. The number of nitrogens with zero attached hydrogens (tertiary/aromatic N) is 3. The zero-order valence-electron chi connectivity index (χ0n) is 17.6. The maximum atomic E-state index is 13.0. The first kappa shape index (κ1) is 19.6. The Labute approximate surface area is 181 Å². The molecule has 3 aromatic rings. The lowest BCUT2D eigenvalue weighted by molar-refractivity contribution is -0.132. The molecule has 0 saturated carbocycles. The molecule has 160 valence electrons. The monoisotopic (exact) mass is 418 g/mol. The Kier molecular flexibility index (Phi) is 5.10. The van der Waals surface area contributed by atoms with E-state index in [9.17, 15) is 9.59 Å². The number of ether oxygens (including phenoxy) is 1. The maximum absolute atomic E-state index is 13.0. The zero-order chi connectivity index (χ0) is 21.4. The summed E-state index contributed by atoms with van der Waals surface area (Å²) in [5.41, 5.74) is 2.72. The molecule has 7 heteroatoms. The predicted octanol–water partition coefficient (Wildman–Crippen LogP) is 3.47. The number of carbonyl (C=O) groups excluding carboxylic acids is 2. The Morgan fingerprint density at radius 1 is 1.19 bits per heavy atom. The fraction of sp³-hybridized carbons (Fsp3) is 0.375. The molecule has 1 saturated heterocycles. The molecule has 3 heterocycles. The van der Waals surface area contributed by atoms with Crippen molar-refractivity contribution in [2.75, 3.05) is 24.5 Å². The molecular formula is C24H26N4O3. The van der Waals surface area contributed by atoms with Crippen LogP contribution in [-0.4, -0.2) is 52.4 Å². The average Bonchev–Trinajstić information content (AvgIpc) is 3.24. The number of H-pyrrole nitrogens is 1. The lowest BCUT2D eigenvalue weighted by Gasteiger charge is -2.35. The van der Waals surface area contributed by atoms with Gasteiger partial charge in [-0.3, -0.25) is 9.59 Å². The number of fused-ring (bicyclic) bond motifs is 2. The topological polar surface area (TPSA) is 78.5 Å². The average molecular weight is 418 g/mol. The number of amides is 2. The Morgan fingerprint density at radius 3 is 2.87 bits per heavy atom. The molecule has 7 nitrogen and oxygen atoms in total. The lowest BCUT2D eigenvalue weighted by Crippen LogP contribution is -2.46. The highest BCUT2D eigenvalue weighted by molar-refractivity contribution is 6.00. The minimum atomic E-state index is -0.544. The zero-order valence-corrected chi connectivity index (χ0v) is 17.6. The number of rotatable bonds is 4. The Balaban J connectivity index is 1.26. The third-order valence-corrected chi connectivity index (χ3v) is 6.19. The van der Waals surface area contributed by atoms with Crippen molar-refractivity contribution < 1.29 is 14.3 Å². The van der Waals surface area contributed by atoms with E-state index in [1.165, 1.54) is 0 Å². The first-order chi connectivity index (χ1) is 15.1. The van der Waals surface area contributed by atoms with Gasteiger partial charge in [0, 0.05) is 32.0 Å². The number of benzene rings is 2. The van der Waals surface area contributed by atoms with Crippen LogP contribution in [0.2, 0.25) is 0 Å². The van der Waals surface area contributed by atoms with Crippen LogP contribution >= 0.6 is 0 Å². The van der Waals surface area contributed by atoms with E-state index in [1.54, 1.807) is 11.8 Å². The number of aromatic amines is 1. The van der Waals surface area contributed by atoms with Crippen molar-refractivity contribution in [3.05, 3.63) is 54.4 Å². The van der Waals surface area contributed by atoms with E-state index < -0.39 is 6.10 Å². The van der Waals surface area contributed by atoms with Crippen molar-refractivity contribution >= 4 is 28.5 Å².